The molecule has 0 saturated carbocycles. The standard InChI is InChI=1S/C50H100Cl2O3/c1-13-15-17-19-21-29-53-49(27-23-25-39(3)31-41(5)33-43(7)35-45(9)37-47(11)51)55-50(54-30-22-20-18-16-14-2)28-24-26-40(4)32-42(6)34-44(8)36-46(10)38-48(12)52/h39-50H,13-38H2,1-12H3. The van der Waals surface area contributed by atoms with Crippen molar-refractivity contribution in [2.75, 3.05) is 13.2 Å². The Balaban J connectivity index is 5.20. The quantitative estimate of drug-likeness (QED) is 0.0350. The lowest BCUT2D eigenvalue weighted by Gasteiger charge is -2.27. The summed E-state index contributed by atoms with van der Waals surface area (Å²) in [6.07, 6.45) is 29.0. The second-order valence-electron chi connectivity index (χ2n) is 19.7. The first-order chi connectivity index (χ1) is 26.1. The highest BCUT2D eigenvalue weighted by Gasteiger charge is 2.21. The number of hydrogen-bond acceptors (Lipinski definition) is 3. The lowest BCUT2D eigenvalue weighted by molar-refractivity contribution is -0.250. The van der Waals surface area contributed by atoms with E-state index in [4.69, 9.17) is 37.4 Å². The van der Waals surface area contributed by atoms with E-state index in [-0.39, 0.29) is 23.3 Å². The van der Waals surface area contributed by atoms with Crippen LogP contribution in [-0.4, -0.2) is 36.5 Å². The molecule has 0 heterocycles. The SMILES string of the molecule is CCCCCCCOC(CCCC(C)CC(C)CC(C)CC(C)CC(C)Cl)OC(CCCC(C)CC(C)CC(C)CC(C)CC(C)Cl)OCCCCCCC. The van der Waals surface area contributed by atoms with E-state index in [9.17, 15) is 0 Å². The fourth-order valence-corrected chi connectivity index (χ4v) is 10.3. The third-order valence-corrected chi connectivity index (χ3v) is 12.3. The van der Waals surface area contributed by atoms with Gasteiger partial charge >= 0.3 is 0 Å². The predicted octanol–water partition coefficient (Wildman–Crippen LogP) is 17.4. The summed E-state index contributed by atoms with van der Waals surface area (Å²) in [5.41, 5.74) is 0. The van der Waals surface area contributed by atoms with Gasteiger partial charge in [-0.15, -0.1) is 23.2 Å². The molecule has 0 aromatic rings. The largest absolute Gasteiger partial charge is 0.353 e. The molecule has 55 heavy (non-hydrogen) atoms. The average Bonchev–Trinajstić information content (AvgIpc) is 3.06. The van der Waals surface area contributed by atoms with Crippen LogP contribution in [0.3, 0.4) is 0 Å². The van der Waals surface area contributed by atoms with Crippen LogP contribution < -0.4 is 0 Å². The summed E-state index contributed by atoms with van der Waals surface area (Å²) in [4.78, 5) is 0. The Kier molecular flexibility index (Phi) is 36.6. The number of alkyl halides is 2. The van der Waals surface area contributed by atoms with Gasteiger partial charge in [0.05, 0.1) is 0 Å². The summed E-state index contributed by atoms with van der Waals surface area (Å²) in [6, 6.07) is 0. The zero-order valence-corrected chi connectivity index (χ0v) is 40.8. The Morgan fingerprint density at radius 2 is 0.618 bits per heavy atom. The van der Waals surface area contributed by atoms with E-state index >= 15 is 0 Å². The molecule has 0 amide bonds. The molecule has 5 heteroatoms. The number of rotatable bonds is 40. The fraction of sp³-hybridized carbons (Fsp3) is 1.00. The van der Waals surface area contributed by atoms with Crippen molar-refractivity contribution >= 4 is 23.2 Å². The normalized spacial score (nSPS) is 18.9. The molecule has 0 aromatic heterocycles. The van der Waals surface area contributed by atoms with Crippen LogP contribution in [0, 0.1) is 47.3 Å². The van der Waals surface area contributed by atoms with Gasteiger partial charge in [-0.1, -0.05) is 133 Å². The molecule has 0 spiro atoms. The predicted molar refractivity (Wildman–Crippen MR) is 247 cm³/mol. The fourth-order valence-electron chi connectivity index (χ4n) is 9.70. The monoisotopic (exact) mass is 819 g/mol. The van der Waals surface area contributed by atoms with E-state index < -0.39 is 0 Å². The second kappa shape index (κ2) is 36.3. The Bertz CT molecular complexity index is 744. The van der Waals surface area contributed by atoms with Gasteiger partial charge in [-0.3, -0.25) is 0 Å². The lowest BCUT2D eigenvalue weighted by Crippen LogP contribution is -2.28. The van der Waals surface area contributed by atoms with Gasteiger partial charge in [-0.25, -0.2) is 0 Å². The van der Waals surface area contributed by atoms with Crippen molar-refractivity contribution in [3.63, 3.8) is 0 Å². The molecule has 0 aromatic carbocycles. The zero-order valence-electron chi connectivity index (χ0n) is 39.3. The highest BCUT2D eigenvalue weighted by atomic mass is 35.5. The van der Waals surface area contributed by atoms with Crippen LogP contribution in [-0.2, 0) is 14.2 Å². The van der Waals surface area contributed by atoms with Gasteiger partial charge in [-0.2, -0.15) is 0 Å². The Labute approximate surface area is 357 Å². The van der Waals surface area contributed by atoms with E-state index in [1.807, 2.05) is 0 Å². The molecule has 0 bridgehead atoms. The molecular weight excluding hydrogens is 719 g/mol. The van der Waals surface area contributed by atoms with Crippen molar-refractivity contribution < 1.29 is 14.2 Å². The number of ether oxygens (including phenoxy) is 3. The van der Waals surface area contributed by atoms with E-state index in [1.165, 1.54) is 103 Å². The summed E-state index contributed by atoms with van der Waals surface area (Å²) in [5, 5.41) is 0.559. The van der Waals surface area contributed by atoms with Gasteiger partial charge in [0.2, 0.25) is 0 Å². The Hall–Kier alpha value is 0.460. The van der Waals surface area contributed by atoms with Crippen molar-refractivity contribution in [1.29, 1.82) is 0 Å². The van der Waals surface area contributed by atoms with Crippen molar-refractivity contribution in [3.8, 4) is 0 Å². The van der Waals surface area contributed by atoms with Crippen molar-refractivity contribution in [3.05, 3.63) is 0 Å². The van der Waals surface area contributed by atoms with Crippen molar-refractivity contribution in [1.82, 2.24) is 0 Å². The minimum absolute atomic E-state index is 0.171. The molecule has 0 fully saturated rings. The minimum Gasteiger partial charge on any atom is -0.353 e. The first kappa shape index (κ1) is 55.5. The van der Waals surface area contributed by atoms with Crippen LogP contribution >= 0.6 is 23.2 Å². The maximum absolute atomic E-state index is 6.80. The van der Waals surface area contributed by atoms with Gasteiger partial charge < -0.3 is 14.2 Å². The first-order valence-electron chi connectivity index (χ1n) is 24.3. The van der Waals surface area contributed by atoms with Crippen LogP contribution in [0.5, 0.6) is 0 Å². The molecule has 0 N–H and O–H groups in total. The smallest absolute Gasteiger partial charge is 0.160 e. The maximum atomic E-state index is 6.80. The van der Waals surface area contributed by atoms with Crippen LogP contribution in [0.2, 0.25) is 0 Å². The molecule has 0 aliphatic heterocycles. The number of hydrogen-bond donors (Lipinski definition) is 0. The summed E-state index contributed by atoms with van der Waals surface area (Å²) < 4.78 is 19.9. The van der Waals surface area contributed by atoms with E-state index in [2.05, 4.69) is 83.1 Å². The van der Waals surface area contributed by atoms with Gasteiger partial charge in [0.25, 0.3) is 0 Å². The minimum atomic E-state index is -0.171. The van der Waals surface area contributed by atoms with Gasteiger partial charge in [0.15, 0.2) is 12.6 Å². The van der Waals surface area contributed by atoms with Crippen LogP contribution in [0.1, 0.15) is 237 Å². The van der Waals surface area contributed by atoms with Crippen molar-refractivity contribution in [2.24, 2.45) is 47.3 Å². The third kappa shape index (κ3) is 36.1. The first-order valence-corrected chi connectivity index (χ1v) is 25.2. The highest BCUT2D eigenvalue weighted by molar-refractivity contribution is 6.20. The third-order valence-electron chi connectivity index (χ3n) is 12.0. The molecular formula is C50H100Cl2O3. The Morgan fingerprint density at radius 1 is 0.327 bits per heavy atom. The average molecular weight is 820 g/mol. The van der Waals surface area contributed by atoms with Crippen LogP contribution in [0.25, 0.3) is 0 Å². The maximum Gasteiger partial charge on any atom is 0.160 e. The number of halogens is 2. The topological polar surface area (TPSA) is 27.7 Å². The molecule has 0 aliphatic rings. The zero-order chi connectivity index (χ0) is 41.4. The molecule has 0 saturated heterocycles. The Morgan fingerprint density at radius 3 is 0.927 bits per heavy atom. The van der Waals surface area contributed by atoms with E-state index in [0.717, 1.165) is 100 Å². The van der Waals surface area contributed by atoms with Crippen LogP contribution in [0.4, 0.5) is 0 Å². The molecule has 12 atom stereocenters. The molecule has 0 radical (unpaired) electrons. The molecule has 0 rings (SSSR count). The summed E-state index contributed by atoms with van der Waals surface area (Å²) in [6.45, 7) is 29.9. The van der Waals surface area contributed by atoms with Gasteiger partial charge in [0.1, 0.15) is 0 Å². The summed E-state index contributed by atoms with van der Waals surface area (Å²) >= 11 is 12.6. The second-order valence-corrected chi connectivity index (χ2v) is 21.2. The number of unbranched alkanes of at least 4 members (excludes halogenated alkanes) is 8. The van der Waals surface area contributed by atoms with Crippen molar-refractivity contribution in [2.45, 2.75) is 261 Å². The van der Waals surface area contributed by atoms with Gasteiger partial charge in [0, 0.05) is 24.0 Å². The molecule has 332 valence electrons. The highest BCUT2D eigenvalue weighted by Crippen LogP contribution is 2.30. The lowest BCUT2D eigenvalue weighted by atomic mass is 9.83. The van der Waals surface area contributed by atoms with E-state index in [0.29, 0.717) is 11.8 Å². The molecule has 12 unspecified atom stereocenters. The van der Waals surface area contributed by atoms with Crippen LogP contribution in [0.15, 0.2) is 0 Å². The van der Waals surface area contributed by atoms with E-state index in [1.54, 1.807) is 0 Å². The molecule has 3 nitrogen and oxygen atoms in total. The summed E-state index contributed by atoms with van der Waals surface area (Å²) in [5.74, 6) is 5.90. The molecule has 0 aliphatic carbocycles. The van der Waals surface area contributed by atoms with Gasteiger partial charge in [-0.05, 0) is 151 Å². The summed E-state index contributed by atoms with van der Waals surface area (Å²) in [7, 11) is 0.